The maximum absolute atomic E-state index is 11.4. The number of carbonyl (C=O) groups excluding carboxylic acids is 2. The highest BCUT2D eigenvalue weighted by atomic mass is 16.2. The molecule has 0 aliphatic carbocycles. The average molecular weight is 624 g/mol. The number of hydrogen-bond donors (Lipinski definition) is 2. The summed E-state index contributed by atoms with van der Waals surface area (Å²) >= 11 is 0. The van der Waals surface area contributed by atoms with Crippen molar-refractivity contribution in [3.8, 4) is 0 Å². The lowest BCUT2D eigenvalue weighted by atomic mass is 9.78. The molecule has 1 aromatic heterocycles. The van der Waals surface area contributed by atoms with Crippen LogP contribution in [0.5, 0.6) is 0 Å². The average Bonchev–Trinajstić information content (AvgIpc) is 3.13. The fourth-order valence-corrected chi connectivity index (χ4v) is 3.58. The minimum absolute atomic E-state index is 0.0243. The van der Waals surface area contributed by atoms with Crippen molar-refractivity contribution in [3.05, 3.63) is 11.9 Å². The topological polar surface area (TPSA) is 88.9 Å². The molecule has 0 aromatic carbocycles. The fraction of sp³-hybridized carbons (Fsp3) is 0.892. The molecule has 0 saturated carbocycles. The number of rotatable bonds is 0. The summed E-state index contributed by atoms with van der Waals surface area (Å²) in [5, 5.41) is 14.1. The third kappa shape index (κ3) is 27.6. The molecule has 1 rings (SSSR count). The monoisotopic (exact) mass is 624 g/mol. The van der Waals surface area contributed by atoms with Gasteiger partial charge in [0.1, 0.15) is 0 Å². The molecule has 0 spiro atoms. The number of amides is 2. The molecule has 2 amide bonds. The van der Waals surface area contributed by atoms with E-state index in [1.807, 2.05) is 94.0 Å². The van der Waals surface area contributed by atoms with E-state index in [4.69, 9.17) is 0 Å². The quantitative estimate of drug-likeness (QED) is 0.301. The van der Waals surface area contributed by atoms with E-state index in [1.54, 1.807) is 0 Å². The highest BCUT2D eigenvalue weighted by Gasteiger charge is 2.26. The Morgan fingerprint density at radius 1 is 0.568 bits per heavy atom. The Kier molecular flexibility index (Phi) is 17.0. The van der Waals surface area contributed by atoms with Crippen molar-refractivity contribution in [2.75, 3.05) is 0 Å². The normalized spacial score (nSPS) is 13.3. The number of nitrogens with one attached hydrogen (secondary N) is 2. The van der Waals surface area contributed by atoms with Crippen molar-refractivity contribution in [3.63, 3.8) is 0 Å². The smallest absolute Gasteiger partial charge is 0.225 e. The second kappa shape index (κ2) is 16.1. The first-order chi connectivity index (χ1) is 18.7. The zero-order valence-corrected chi connectivity index (χ0v) is 33.9. The highest BCUT2D eigenvalue weighted by Crippen LogP contribution is 2.32. The molecule has 2 N–H and O–H groups in total. The summed E-state index contributed by atoms with van der Waals surface area (Å²) in [6.45, 7) is 49.9. The molecule has 0 radical (unpaired) electrons. The van der Waals surface area contributed by atoms with Crippen molar-refractivity contribution in [2.24, 2.45) is 21.7 Å². The highest BCUT2D eigenvalue weighted by molar-refractivity contribution is 5.82. The van der Waals surface area contributed by atoms with Gasteiger partial charge in [-0.2, -0.15) is 0 Å². The Hall–Kier alpha value is -1.92. The van der Waals surface area contributed by atoms with Crippen LogP contribution in [-0.4, -0.2) is 37.9 Å². The van der Waals surface area contributed by atoms with Gasteiger partial charge in [0.15, 0.2) is 0 Å². The predicted molar refractivity (Wildman–Crippen MR) is 192 cm³/mol. The van der Waals surface area contributed by atoms with Gasteiger partial charge in [-0.15, -0.1) is 5.10 Å². The summed E-state index contributed by atoms with van der Waals surface area (Å²) in [4.78, 5) is 22.7. The van der Waals surface area contributed by atoms with Gasteiger partial charge in [0.25, 0.3) is 0 Å². The van der Waals surface area contributed by atoms with Gasteiger partial charge in [0.2, 0.25) is 11.8 Å². The van der Waals surface area contributed by atoms with Gasteiger partial charge in [0.05, 0.1) is 11.2 Å². The Morgan fingerprint density at radius 3 is 0.955 bits per heavy atom. The lowest BCUT2D eigenvalue weighted by molar-refractivity contribution is -0.130. The van der Waals surface area contributed by atoms with Gasteiger partial charge in [0, 0.05) is 33.5 Å². The van der Waals surface area contributed by atoms with Gasteiger partial charge in [-0.1, -0.05) is 109 Å². The fourth-order valence-electron chi connectivity index (χ4n) is 3.58. The van der Waals surface area contributed by atoms with Crippen molar-refractivity contribution >= 4 is 11.8 Å². The zero-order valence-electron chi connectivity index (χ0n) is 33.9. The number of aromatic nitrogens is 3. The van der Waals surface area contributed by atoms with Gasteiger partial charge in [-0.25, -0.2) is 4.68 Å². The zero-order chi connectivity index (χ0) is 36.6. The van der Waals surface area contributed by atoms with Gasteiger partial charge >= 0.3 is 0 Å². The van der Waals surface area contributed by atoms with E-state index in [0.717, 1.165) is 5.69 Å². The van der Waals surface area contributed by atoms with Crippen LogP contribution >= 0.6 is 0 Å². The molecule has 7 nitrogen and oxygen atoms in total. The summed E-state index contributed by atoms with van der Waals surface area (Å²) in [5.74, 6) is 0.204. The summed E-state index contributed by atoms with van der Waals surface area (Å²) in [6.07, 6.45) is 3.32. The van der Waals surface area contributed by atoms with E-state index in [1.165, 1.54) is 6.42 Å². The van der Waals surface area contributed by atoms with Crippen LogP contribution in [-0.2, 0) is 20.5 Å². The molecule has 0 aliphatic rings. The van der Waals surface area contributed by atoms with Crippen LogP contribution < -0.4 is 10.6 Å². The van der Waals surface area contributed by atoms with Crippen molar-refractivity contribution in [2.45, 2.75) is 195 Å². The van der Waals surface area contributed by atoms with Crippen molar-refractivity contribution in [1.82, 2.24) is 25.6 Å². The molecule has 0 atom stereocenters. The molecule has 0 aliphatic heterocycles. The van der Waals surface area contributed by atoms with E-state index < -0.39 is 0 Å². The van der Waals surface area contributed by atoms with Gasteiger partial charge in [-0.05, 0) is 79.6 Å². The van der Waals surface area contributed by atoms with Crippen LogP contribution in [0.25, 0.3) is 0 Å². The van der Waals surface area contributed by atoms with E-state index in [2.05, 4.69) is 104 Å². The second-order valence-electron chi connectivity index (χ2n) is 20.7. The third-order valence-electron chi connectivity index (χ3n) is 5.35. The molecular formula is C37H77N5O2. The molecule has 1 heterocycles. The Morgan fingerprint density at radius 2 is 0.864 bits per heavy atom. The summed E-state index contributed by atoms with van der Waals surface area (Å²) in [5.41, 5.74) is 1.31. The predicted octanol–water partition coefficient (Wildman–Crippen LogP) is 9.69. The summed E-state index contributed by atoms with van der Waals surface area (Å²) in [7, 11) is 0. The summed E-state index contributed by atoms with van der Waals surface area (Å²) in [6, 6.07) is 0. The second-order valence-corrected chi connectivity index (χ2v) is 20.7. The molecule has 0 fully saturated rings. The van der Waals surface area contributed by atoms with Crippen LogP contribution in [0.15, 0.2) is 6.20 Å². The van der Waals surface area contributed by atoms with Crippen molar-refractivity contribution in [1.29, 1.82) is 0 Å². The maximum atomic E-state index is 11.4. The maximum Gasteiger partial charge on any atom is 0.225 e. The molecule has 44 heavy (non-hydrogen) atoms. The van der Waals surface area contributed by atoms with Crippen LogP contribution in [0.1, 0.15) is 178 Å². The third-order valence-corrected chi connectivity index (χ3v) is 5.35. The van der Waals surface area contributed by atoms with Crippen LogP contribution in [0.3, 0.4) is 0 Å². The minimum atomic E-state index is -0.284. The Balaban J connectivity index is -0.000000514. The van der Waals surface area contributed by atoms with Crippen LogP contribution in [0, 0.1) is 21.7 Å². The Bertz CT molecular complexity index is 902. The largest absolute Gasteiger partial charge is 0.351 e. The molecule has 0 bridgehead atoms. The number of carbonyl (C=O) groups is 2. The first-order valence-corrected chi connectivity index (χ1v) is 16.3. The first kappa shape index (κ1) is 46.5. The lowest BCUT2D eigenvalue weighted by Crippen LogP contribution is -2.46. The molecule has 0 unspecified atom stereocenters. The number of nitrogens with zero attached hydrogens (tertiary/aromatic N) is 3. The minimum Gasteiger partial charge on any atom is -0.351 e. The van der Waals surface area contributed by atoms with Gasteiger partial charge < -0.3 is 10.6 Å². The first-order valence-electron chi connectivity index (χ1n) is 16.3. The van der Waals surface area contributed by atoms with E-state index in [9.17, 15) is 9.59 Å². The van der Waals surface area contributed by atoms with Gasteiger partial charge in [-0.3, -0.25) is 9.59 Å². The lowest BCUT2D eigenvalue weighted by Gasteiger charge is -2.28. The standard InChI is InChI=1S/C10H19N3.2C9H19NO.C9H20/c1-9(2,3)8-7-13(12-11-8)10(4,5)6;2*1-8(2,3)7(11)10-9(4,5)6;1-8(2,3)7-9(4,5)6/h7H,1-6H3;2*1-6H3,(H,10,11);7H2,1-6H3. The summed E-state index contributed by atoms with van der Waals surface area (Å²) < 4.78 is 1.91. The van der Waals surface area contributed by atoms with E-state index >= 15 is 0 Å². The Labute approximate surface area is 274 Å². The molecule has 1 aromatic rings. The molecular weight excluding hydrogens is 546 g/mol. The van der Waals surface area contributed by atoms with E-state index in [-0.39, 0.29) is 44.7 Å². The molecule has 7 heteroatoms. The van der Waals surface area contributed by atoms with Crippen LogP contribution in [0.4, 0.5) is 0 Å². The SMILES string of the molecule is CC(C)(C)CC(C)(C)C.CC(C)(C)NC(=O)C(C)(C)C.CC(C)(C)NC(=O)C(C)(C)C.CC(C)(C)c1cn(C(C)(C)C)nn1. The molecule has 0 saturated heterocycles. The van der Waals surface area contributed by atoms with Crippen LogP contribution in [0.2, 0.25) is 0 Å². The van der Waals surface area contributed by atoms with E-state index in [0.29, 0.717) is 10.8 Å². The molecule has 262 valence electrons. The number of hydrogen-bond acceptors (Lipinski definition) is 4. The van der Waals surface area contributed by atoms with Crippen molar-refractivity contribution < 1.29 is 9.59 Å².